The Morgan fingerprint density at radius 2 is 1.80 bits per heavy atom. The molecule has 0 rings (SSSR count). The predicted molar refractivity (Wildman–Crippen MR) is 67.9 cm³/mol. The van der Waals surface area contributed by atoms with E-state index in [2.05, 4.69) is 33.8 Å². The SMILES string of the molecule is C/C=C(O)\C=C/CC(CC(C)C)C(C)C. The Bertz CT molecular complexity index is 211. The van der Waals surface area contributed by atoms with Crippen molar-refractivity contribution >= 4 is 0 Å². The van der Waals surface area contributed by atoms with Crippen LogP contribution in [0.15, 0.2) is 24.0 Å². The van der Waals surface area contributed by atoms with Gasteiger partial charge in [0.2, 0.25) is 0 Å². The first-order chi connectivity index (χ1) is 6.97. The number of hydrogen-bond donors (Lipinski definition) is 1. The highest BCUT2D eigenvalue weighted by atomic mass is 16.3. The average Bonchev–Trinajstić information content (AvgIpc) is 2.15. The van der Waals surface area contributed by atoms with Crippen LogP contribution in [0.1, 0.15) is 47.5 Å². The average molecular weight is 210 g/mol. The third-order valence-corrected chi connectivity index (χ3v) is 2.74. The van der Waals surface area contributed by atoms with Crippen LogP contribution in [0.25, 0.3) is 0 Å². The van der Waals surface area contributed by atoms with Crippen LogP contribution in [0.4, 0.5) is 0 Å². The number of allylic oxidation sites excluding steroid dienone is 3. The summed E-state index contributed by atoms with van der Waals surface area (Å²) in [6, 6.07) is 0. The van der Waals surface area contributed by atoms with E-state index in [4.69, 9.17) is 0 Å². The first-order valence-corrected chi connectivity index (χ1v) is 5.99. The summed E-state index contributed by atoms with van der Waals surface area (Å²) in [4.78, 5) is 0. The van der Waals surface area contributed by atoms with Gasteiger partial charge in [0, 0.05) is 0 Å². The molecule has 0 spiro atoms. The summed E-state index contributed by atoms with van der Waals surface area (Å²) in [5.41, 5.74) is 0. The molecule has 0 saturated heterocycles. The Kier molecular flexibility index (Phi) is 7.19. The van der Waals surface area contributed by atoms with Crippen molar-refractivity contribution in [2.24, 2.45) is 17.8 Å². The van der Waals surface area contributed by atoms with Crippen molar-refractivity contribution in [1.82, 2.24) is 0 Å². The number of hydrogen-bond acceptors (Lipinski definition) is 1. The number of rotatable bonds is 6. The zero-order valence-electron chi connectivity index (χ0n) is 10.8. The van der Waals surface area contributed by atoms with Gasteiger partial charge in [-0.05, 0) is 49.7 Å². The van der Waals surface area contributed by atoms with Crippen LogP contribution < -0.4 is 0 Å². The smallest absolute Gasteiger partial charge is 0.110 e. The van der Waals surface area contributed by atoms with E-state index >= 15 is 0 Å². The fraction of sp³-hybridized carbons (Fsp3) is 0.714. The molecule has 0 saturated carbocycles. The van der Waals surface area contributed by atoms with Crippen molar-refractivity contribution in [1.29, 1.82) is 0 Å². The Morgan fingerprint density at radius 3 is 2.20 bits per heavy atom. The maximum atomic E-state index is 9.27. The van der Waals surface area contributed by atoms with Crippen LogP contribution in [0.5, 0.6) is 0 Å². The van der Waals surface area contributed by atoms with Crippen LogP contribution in [0.2, 0.25) is 0 Å². The summed E-state index contributed by atoms with van der Waals surface area (Å²) < 4.78 is 0. The predicted octanol–water partition coefficient (Wildman–Crippen LogP) is 4.71. The van der Waals surface area contributed by atoms with Gasteiger partial charge in [0.25, 0.3) is 0 Å². The molecular weight excluding hydrogens is 184 g/mol. The second-order valence-electron chi connectivity index (χ2n) is 4.99. The van der Waals surface area contributed by atoms with Gasteiger partial charge in [-0.25, -0.2) is 0 Å². The van der Waals surface area contributed by atoms with E-state index in [9.17, 15) is 5.11 Å². The molecule has 1 atom stereocenters. The highest BCUT2D eigenvalue weighted by molar-refractivity contribution is 5.09. The molecule has 0 radical (unpaired) electrons. The van der Waals surface area contributed by atoms with Gasteiger partial charge in [0.05, 0.1) is 0 Å². The summed E-state index contributed by atoms with van der Waals surface area (Å²) in [5.74, 6) is 2.55. The molecule has 1 unspecified atom stereocenters. The highest BCUT2D eigenvalue weighted by Crippen LogP contribution is 2.24. The minimum Gasteiger partial charge on any atom is -0.508 e. The van der Waals surface area contributed by atoms with E-state index in [1.165, 1.54) is 6.42 Å². The summed E-state index contributed by atoms with van der Waals surface area (Å²) >= 11 is 0. The lowest BCUT2D eigenvalue weighted by molar-refractivity contribution is 0.319. The van der Waals surface area contributed by atoms with Gasteiger partial charge in [0.1, 0.15) is 5.76 Å². The molecule has 0 aromatic heterocycles. The van der Waals surface area contributed by atoms with E-state index < -0.39 is 0 Å². The standard InChI is InChI=1S/C14H26O/c1-6-14(15)9-7-8-13(12(4)5)10-11(2)3/h6-7,9,11-13,15H,8,10H2,1-5H3/b9-7-,14-6+. The molecule has 0 heterocycles. The lowest BCUT2D eigenvalue weighted by Crippen LogP contribution is -2.10. The third-order valence-electron chi connectivity index (χ3n) is 2.74. The molecule has 0 aliphatic rings. The second kappa shape index (κ2) is 7.56. The third kappa shape index (κ3) is 7.24. The molecule has 0 aromatic rings. The fourth-order valence-corrected chi connectivity index (χ4v) is 1.71. The maximum Gasteiger partial charge on any atom is 0.110 e. The first kappa shape index (κ1) is 14.3. The Balaban J connectivity index is 4.13. The minimum atomic E-state index is 0.363. The van der Waals surface area contributed by atoms with Crippen LogP contribution in [0.3, 0.4) is 0 Å². The van der Waals surface area contributed by atoms with Crippen LogP contribution >= 0.6 is 0 Å². The normalized spacial score (nSPS) is 15.5. The molecule has 1 N–H and O–H groups in total. The summed E-state index contributed by atoms with van der Waals surface area (Å²) in [6.07, 6.45) is 7.92. The zero-order valence-corrected chi connectivity index (χ0v) is 10.8. The van der Waals surface area contributed by atoms with Gasteiger partial charge in [-0.1, -0.05) is 33.8 Å². The molecule has 88 valence electrons. The lowest BCUT2D eigenvalue weighted by atomic mass is 9.85. The second-order valence-corrected chi connectivity index (χ2v) is 4.99. The molecular formula is C14H26O. The maximum absolute atomic E-state index is 9.27. The number of aliphatic hydroxyl groups is 1. The molecule has 0 aliphatic heterocycles. The van der Waals surface area contributed by atoms with Crippen LogP contribution in [0, 0.1) is 17.8 Å². The van der Waals surface area contributed by atoms with Gasteiger partial charge in [-0.15, -0.1) is 0 Å². The number of aliphatic hydroxyl groups excluding tert-OH is 1. The van der Waals surface area contributed by atoms with Gasteiger partial charge >= 0.3 is 0 Å². The molecule has 15 heavy (non-hydrogen) atoms. The van der Waals surface area contributed by atoms with E-state index in [-0.39, 0.29) is 0 Å². The zero-order chi connectivity index (χ0) is 11.8. The van der Waals surface area contributed by atoms with Crippen LogP contribution in [-0.2, 0) is 0 Å². The first-order valence-electron chi connectivity index (χ1n) is 5.99. The summed E-state index contributed by atoms with van der Waals surface area (Å²) in [6.45, 7) is 10.9. The molecule has 0 amide bonds. The highest BCUT2D eigenvalue weighted by Gasteiger charge is 2.13. The molecule has 1 heteroatoms. The van der Waals surface area contributed by atoms with Gasteiger partial charge in [-0.2, -0.15) is 0 Å². The Hall–Kier alpha value is -0.720. The Morgan fingerprint density at radius 1 is 1.20 bits per heavy atom. The largest absolute Gasteiger partial charge is 0.508 e. The van der Waals surface area contributed by atoms with Crippen LogP contribution in [-0.4, -0.2) is 5.11 Å². The van der Waals surface area contributed by atoms with Gasteiger partial charge < -0.3 is 5.11 Å². The van der Waals surface area contributed by atoms with Gasteiger partial charge in [0.15, 0.2) is 0 Å². The lowest BCUT2D eigenvalue weighted by Gasteiger charge is -2.21. The van der Waals surface area contributed by atoms with Crippen molar-refractivity contribution in [2.75, 3.05) is 0 Å². The molecule has 0 aliphatic carbocycles. The fourth-order valence-electron chi connectivity index (χ4n) is 1.71. The quantitative estimate of drug-likeness (QED) is 0.497. The van der Waals surface area contributed by atoms with Crippen molar-refractivity contribution in [3.05, 3.63) is 24.0 Å². The minimum absolute atomic E-state index is 0.363. The monoisotopic (exact) mass is 210 g/mol. The van der Waals surface area contributed by atoms with Gasteiger partial charge in [-0.3, -0.25) is 0 Å². The van der Waals surface area contributed by atoms with E-state index in [0.717, 1.165) is 18.3 Å². The summed E-state index contributed by atoms with van der Waals surface area (Å²) in [7, 11) is 0. The molecule has 0 aromatic carbocycles. The van der Waals surface area contributed by atoms with E-state index in [0.29, 0.717) is 11.7 Å². The summed E-state index contributed by atoms with van der Waals surface area (Å²) in [5, 5.41) is 9.27. The molecule has 0 bridgehead atoms. The molecule has 0 fully saturated rings. The topological polar surface area (TPSA) is 20.2 Å². The Labute approximate surface area is 94.9 Å². The van der Waals surface area contributed by atoms with E-state index in [1.807, 2.05) is 6.92 Å². The van der Waals surface area contributed by atoms with Crippen molar-refractivity contribution in [3.8, 4) is 0 Å². The van der Waals surface area contributed by atoms with Crippen molar-refractivity contribution in [2.45, 2.75) is 47.5 Å². The van der Waals surface area contributed by atoms with Crippen molar-refractivity contribution in [3.63, 3.8) is 0 Å². The van der Waals surface area contributed by atoms with E-state index in [1.54, 1.807) is 12.2 Å². The van der Waals surface area contributed by atoms with Crippen molar-refractivity contribution < 1.29 is 5.11 Å². The molecule has 1 nitrogen and oxygen atoms in total.